The maximum Gasteiger partial charge on any atom is 0.243 e. The summed E-state index contributed by atoms with van der Waals surface area (Å²) in [5, 5.41) is 3.37. The largest absolute Gasteiger partial charge is 0.354 e. The number of carbonyl (C=O) groups excluding carboxylic acids is 1. The number of carbonyl (C=O) groups is 1. The molecule has 0 bridgehead atoms. The van der Waals surface area contributed by atoms with E-state index in [2.05, 4.69) is 17.3 Å². The fourth-order valence-corrected chi connectivity index (χ4v) is 4.93. The van der Waals surface area contributed by atoms with Crippen LogP contribution in [0.3, 0.4) is 0 Å². The summed E-state index contributed by atoms with van der Waals surface area (Å²) in [6.07, 6.45) is 4.69. The van der Waals surface area contributed by atoms with Gasteiger partial charge in [0, 0.05) is 11.6 Å². The zero-order chi connectivity index (χ0) is 20.0. The first-order chi connectivity index (χ1) is 12.7. The summed E-state index contributed by atoms with van der Waals surface area (Å²) in [5.74, 6) is 0.344. The molecule has 1 saturated heterocycles. The third-order valence-corrected chi connectivity index (χ3v) is 6.50. The van der Waals surface area contributed by atoms with Crippen LogP contribution in [0.2, 0.25) is 5.02 Å². The molecular weight excluding hydrogens is 386 g/mol. The molecule has 0 aromatic heterocycles. The van der Waals surface area contributed by atoms with E-state index < -0.39 is 16.1 Å². The molecule has 1 aromatic carbocycles. The Morgan fingerprint density at radius 1 is 1.37 bits per heavy atom. The van der Waals surface area contributed by atoms with Crippen molar-refractivity contribution < 1.29 is 13.2 Å². The highest BCUT2D eigenvalue weighted by Crippen LogP contribution is 2.25. The Labute approximate surface area is 167 Å². The number of hydrogen-bond donors (Lipinski definition) is 1. The highest BCUT2D eigenvalue weighted by molar-refractivity contribution is 7.92. The molecule has 2 rings (SSSR count). The number of likely N-dealkylation sites (tertiary alicyclic amines) is 1. The number of anilines is 1. The Kier molecular flexibility index (Phi) is 7.94. The smallest absolute Gasteiger partial charge is 0.243 e. The summed E-state index contributed by atoms with van der Waals surface area (Å²) in [6.45, 7) is 4.56. The summed E-state index contributed by atoms with van der Waals surface area (Å²) in [7, 11) is -1.51. The number of benzene rings is 1. The van der Waals surface area contributed by atoms with Gasteiger partial charge in [-0.2, -0.15) is 0 Å². The molecular formula is C19H30ClN3O3S. The molecule has 6 nitrogen and oxygen atoms in total. The second-order valence-electron chi connectivity index (χ2n) is 7.29. The highest BCUT2D eigenvalue weighted by atomic mass is 35.5. The zero-order valence-electron chi connectivity index (χ0n) is 16.3. The summed E-state index contributed by atoms with van der Waals surface area (Å²) < 4.78 is 26.0. The molecule has 0 aliphatic carbocycles. The number of rotatable bonds is 8. The lowest BCUT2D eigenvalue weighted by atomic mass is 9.94. The minimum atomic E-state index is -3.63. The molecule has 1 atom stereocenters. The van der Waals surface area contributed by atoms with Gasteiger partial charge in [-0.05, 0) is 69.9 Å². The minimum absolute atomic E-state index is 0.268. The standard InChI is InChI=1S/C19H30ClN3O3S/c1-4-18(19(24)21-11-8-15-9-12-22(2)13-10-15)23(27(3,25)26)17-7-5-6-16(20)14-17/h5-7,14-15,18H,4,8-13H2,1-3H3,(H,21,24)/t18-/m1/s1. The van der Waals surface area contributed by atoms with Crippen LogP contribution in [0, 0.1) is 5.92 Å². The number of nitrogens with zero attached hydrogens (tertiary/aromatic N) is 2. The average Bonchev–Trinajstić information content (AvgIpc) is 2.60. The van der Waals surface area contributed by atoms with Crippen molar-refractivity contribution in [3.05, 3.63) is 29.3 Å². The fourth-order valence-electron chi connectivity index (χ4n) is 3.54. The molecule has 1 heterocycles. The van der Waals surface area contributed by atoms with Crippen LogP contribution in [0.15, 0.2) is 24.3 Å². The normalized spacial score (nSPS) is 17.5. The number of sulfonamides is 1. The fraction of sp³-hybridized carbons (Fsp3) is 0.632. The monoisotopic (exact) mass is 415 g/mol. The first kappa shape index (κ1) is 22.0. The molecule has 1 fully saturated rings. The van der Waals surface area contributed by atoms with Gasteiger partial charge in [0.05, 0.1) is 11.9 Å². The molecule has 1 aliphatic heterocycles. The number of amides is 1. The second-order valence-corrected chi connectivity index (χ2v) is 9.58. The molecule has 8 heteroatoms. The Morgan fingerprint density at radius 3 is 2.59 bits per heavy atom. The van der Waals surface area contributed by atoms with Gasteiger partial charge in [0.15, 0.2) is 0 Å². The van der Waals surface area contributed by atoms with Gasteiger partial charge < -0.3 is 10.2 Å². The Hall–Kier alpha value is -1.31. The van der Waals surface area contributed by atoms with Gasteiger partial charge in [0.2, 0.25) is 15.9 Å². The predicted octanol–water partition coefficient (Wildman–Crippen LogP) is 2.73. The maximum atomic E-state index is 12.8. The van der Waals surface area contributed by atoms with Crippen molar-refractivity contribution in [3.63, 3.8) is 0 Å². The van der Waals surface area contributed by atoms with E-state index in [0.29, 0.717) is 29.6 Å². The van der Waals surface area contributed by atoms with Crippen LogP contribution in [0.1, 0.15) is 32.6 Å². The van der Waals surface area contributed by atoms with E-state index in [1.807, 2.05) is 6.92 Å². The first-order valence-electron chi connectivity index (χ1n) is 9.43. The van der Waals surface area contributed by atoms with Crippen LogP contribution in [-0.2, 0) is 14.8 Å². The van der Waals surface area contributed by atoms with Gasteiger partial charge in [-0.3, -0.25) is 9.10 Å². The topological polar surface area (TPSA) is 69.7 Å². The third kappa shape index (κ3) is 6.36. The van der Waals surface area contributed by atoms with E-state index in [4.69, 9.17) is 11.6 Å². The molecule has 27 heavy (non-hydrogen) atoms. The van der Waals surface area contributed by atoms with Gasteiger partial charge in [0.25, 0.3) is 0 Å². The van der Waals surface area contributed by atoms with E-state index >= 15 is 0 Å². The van der Waals surface area contributed by atoms with Crippen molar-refractivity contribution in [1.29, 1.82) is 0 Å². The lowest BCUT2D eigenvalue weighted by molar-refractivity contribution is -0.122. The minimum Gasteiger partial charge on any atom is -0.354 e. The van der Waals surface area contributed by atoms with Crippen molar-refractivity contribution in [2.75, 3.05) is 37.2 Å². The van der Waals surface area contributed by atoms with Crippen molar-refractivity contribution >= 4 is 33.2 Å². The first-order valence-corrected chi connectivity index (χ1v) is 11.7. The molecule has 1 N–H and O–H groups in total. The molecule has 0 saturated carbocycles. The van der Waals surface area contributed by atoms with E-state index in [0.717, 1.165) is 38.6 Å². The number of piperidine rings is 1. The number of hydrogen-bond acceptors (Lipinski definition) is 4. The summed E-state index contributed by atoms with van der Waals surface area (Å²) in [5.41, 5.74) is 0.405. The SMILES string of the molecule is CC[C@H](C(=O)NCCC1CCN(C)CC1)N(c1cccc(Cl)c1)S(C)(=O)=O. The van der Waals surface area contributed by atoms with Gasteiger partial charge in [-0.1, -0.05) is 24.6 Å². The Balaban J connectivity index is 2.04. The predicted molar refractivity (Wildman–Crippen MR) is 111 cm³/mol. The average molecular weight is 416 g/mol. The molecule has 0 spiro atoms. The van der Waals surface area contributed by atoms with Crippen LogP contribution in [0.25, 0.3) is 0 Å². The van der Waals surface area contributed by atoms with Crippen LogP contribution < -0.4 is 9.62 Å². The number of nitrogens with one attached hydrogen (secondary N) is 1. The summed E-state index contributed by atoms with van der Waals surface area (Å²) in [4.78, 5) is 15.1. The quantitative estimate of drug-likeness (QED) is 0.708. The van der Waals surface area contributed by atoms with Crippen molar-refractivity contribution in [1.82, 2.24) is 10.2 Å². The van der Waals surface area contributed by atoms with Gasteiger partial charge in [0.1, 0.15) is 6.04 Å². The van der Waals surface area contributed by atoms with Crippen LogP contribution >= 0.6 is 11.6 Å². The second kappa shape index (κ2) is 9.75. The molecule has 1 aromatic rings. The lowest BCUT2D eigenvalue weighted by Gasteiger charge is -2.31. The van der Waals surface area contributed by atoms with Gasteiger partial charge in [-0.25, -0.2) is 8.42 Å². The van der Waals surface area contributed by atoms with E-state index in [9.17, 15) is 13.2 Å². The maximum absolute atomic E-state index is 12.8. The van der Waals surface area contributed by atoms with E-state index in [-0.39, 0.29) is 5.91 Å². The van der Waals surface area contributed by atoms with E-state index in [1.165, 1.54) is 4.31 Å². The van der Waals surface area contributed by atoms with Gasteiger partial charge >= 0.3 is 0 Å². The molecule has 152 valence electrons. The Morgan fingerprint density at radius 2 is 2.04 bits per heavy atom. The molecule has 1 aliphatic rings. The lowest BCUT2D eigenvalue weighted by Crippen LogP contribution is -2.49. The third-order valence-electron chi connectivity index (χ3n) is 5.08. The van der Waals surface area contributed by atoms with Gasteiger partial charge in [-0.15, -0.1) is 0 Å². The molecule has 0 radical (unpaired) electrons. The van der Waals surface area contributed by atoms with Crippen molar-refractivity contribution in [3.8, 4) is 0 Å². The summed E-state index contributed by atoms with van der Waals surface area (Å²) >= 11 is 6.02. The van der Waals surface area contributed by atoms with Crippen molar-refractivity contribution in [2.24, 2.45) is 5.92 Å². The highest BCUT2D eigenvalue weighted by Gasteiger charge is 2.31. The Bertz CT molecular complexity index is 733. The summed E-state index contributed by atoms with van der Waals surface area (Å²) in [6, 6.07) is 5.78. The van der Waals surface area contributed by atoms with Crippen LogP contribution in [0.5, 0.6) is 0 Å². The number of halogens is 1. The van der Waals surface area contributed by atoms with E-state index in [1.54, 1.807) is 24.3 Å². The molecule has 1 amide bonds. The van der Waals surface area contributed by atoms with Crippen molar-refractivity contribution in [2.45, 2.75) is 38.6 Å². The van der Waals surface area contributed by atoms with Crippen LogP contribution in [0.4, 0.5) is 5.69 Å². The zero-order valence-corrected chi connectivity index (χ0v) is 17.9. The van der Waals surface area contributed by atoms with Crippen LogP contribution in [-0.4, -0.2) is 58.2 Å². The molecule has 0 unspecified atom stereocenters.